The number of fused-ring (bicyclic) bond motifs is 3. The highest BCUT2D eigenvalue weighted by atomic mass is 32.2. The maximum absolute atomic E-state index is 15.1. The second-order valence-corrected chi connectivity index (χ2v) is 14.1. The smallest absolute Gasteiger partial charge is 0.356 e. The van der Waals surface area contributed by atoms with Gasteiger partial charge in [-0.1, -0.05) is 20.8 Å². The Morgan fingerprint density at radius 2 is 1.74 bits per heavy atom. The molecule has 0 unspecified atom stereocenters. The third-order valence-corrected chi connectivity index (χ3v) is 8.66. The summed E-state index contributed by atoms with van der Waals surface area (Å²) in [5, 5.41) is 4.81. The molecule has 1 aliphatic carbocycles. The topological polar surface area (TPSA) is 142 Å². The van der Waals surface area contributed by atoms with Crippen LogP contribution in [0.25, 0.3) is 0 Å². The fourth-order valence-corrected chi connectivity index (χ4v) is 6.14. The molecule has 42 heavy (non-hydrogen) atoms. The molecule has 0 aromatic heterocycles. The third kappa shape index (κ3) is 7.37. The van der Waals surface area contributed by atoms with Gasteiger partial charge in [0.15, 0.2) is 0 Å². The van der Waals surface area contributed by atoms with Crippen LogP contribution >= 0.6 is 0 Å². The second-order valence-electron chi connectivity index (χ2n) is 12.1. The Labute approximate surface area is 238 Å². The van der Waals surface area contributed by atoms with Crippen LogP contribution in [0.3, 0.4) is 0 Å². The van der Waals surface area contributed by atoms with E-state index in [2.05, 4.69) is 10.6 Å². The summed E-state index contributed by atoms with van der Waals surface area (Å²) in [5.74, 6) is -11.3. The van der Waals surface area contributed by atoms with Crippen LogP contribution < -0.4 is 16.0 Å². The zero-order valence-electron chi connectivity index (χ0n) is 23.4. The number of carbonyl (C=O) groups is 4. The highest BCUT2D eigenvalue weighted by Gasteiger charge is 2.61. The molecule has 4 rings (SSSR count). The van der Waals surface area contributed by atoms with Crippen molar-refractivity contribution in [1.82, 2.24) is 20.9 Å². The largest absolute Gasteiger partial charge is 0.471 e. The normalized spacial score (nSPS) is 27.7. The van der Waals surface area contributed by atoms with Gasteiger partial charge in [-0.2, -0.15) is 17.6 Å². The molecular formula is C25H34F6N4O6S. The SMILES string of the molecule is CC(C)(C)[C@H](NC(=O)C(F)(F)F)C(=O)N1[C@@H]2CC[C@H]([C@@H]1C(=O)N[C@@H](/C=C(\F)S(C)(=O)=O)C[C@H]1CCNC1=O)C(F)(F)C2. The predicted octanol–water partition coefficient (Wildman–Crippen LogP) is 1.96. The predicted molar refractivity (Wildman–Crippen MR) is 136 cm³/mol. The van der Waals surface area contributed by atoms with Gasteiger partial charge in [-0.25, -0.2) is 17.2 Å². The van der Waals surface area contributed by atoms with Crippen LogP contribution in [0.4, 0.5) is 26.3 Å². The molecule has 0 aromatic carbocycles. The molecule has 0 radical (unpaired) electrons. The van der Waals surface area contributed by atoms with Gasteiger partial charge in [-0.05, 0) is 37.2 Å². The molecule has 17 heteroatoms. The molecule has 0 aromatic rings. The van der Waals surface area contributed by atoms with E-state index in [1.165, 1.54) is 20.8 Å². The third-order valence-electron chi connectivity index (χ3n) is 7.82. The van der Waals surface area contributed by atoms with Gasteiger partial charge in [-0.15, -0.1) is 0 Å². The summed E-state index contributed by atoms with van der Waals surface area (Å²) in [7, 11) is -4.38. The summed E-state index contributed by atoms with van der Waals surface area (Å²) in [4.78, 5) is 52.0. The maximum atomic E-state index is 15.1. The van der Waals surface area contributed by atoms with Gasteiger partial charge in [0, 0.05) is 31.2 Å². The highest BCUT2D eigenvalue weighted by molar-refractivity contribution is 7.94. The Morgan fingerprint density at radius 1 is 1.12 bits per heavy atom. The van der Waals surface area contributed by atoms with Crippen molar-refractivity contribution in [3.8, 4) is 0 Å². The number of nitrogens with zero attached hydrogens (tertiary/aromatic N) is 1. The molecular weight excluding hydrogens is 598 g/mol. The molecule has 1 saturated carbocycles. The van der Waals surface area contributed by atoms with Crippen molar-refractivity contribution in [2.45, 2.75) is 89.1 Å². The number of rotatable bonds is 8. The lowest BCUT2D eigenvalue weighted by Crippen LogP contribution is -2.71. The Bertz CT molecular complexity index is 1250. The van der Waals surface area contributed by atoms with Crippen molar-refractivity contribution in [3.05, 3.63) is 11.2 Å². The number of halogens is 6. The van der Waals surface area contributed by atoms with E-state index in [4.69, 9.17) is 0 Å². The van der Waals surface area contributed by atoms with Crippen molar-refractivity contribution in [1.29, 1.82) is 0 Å². The quantitative estimate of drug-likeness (QED) is 0.350. The molecule has 10 nitrogen and oxygen atoms in total. The minimum absolute atomic E-state index is 0.00808. The Hall–Kier alpha value is -2.85. The van der Waals surface area contributed by atoms with E-state index in [0.717, 1.165) is 4.90 Å². The van der Waals surface area contributed by atoms with Crippen LogP contribution in [-0.4, -0.2) is 86.0 Å². The summed E-state index contributed by atoms with van der Waals surface area (Å²) in [6.07, 6.45) is -5.38. The highest BCUT2D eigenvalue weighted by Crippen LogP contribution is 2.49. The van der Waals surface area contributed by atoms with E-state index in [9.17, 15) is 45.2 Å². The maximum Gasteiger partial charge on any atom is 0.471 e. The summed E-state index contributed by atoms with van der Waals surface area (Å²) in [6, 6.07) is -6.56. The van der Waals surface area contributed by atoms with Crippen LogP contribution in [0.2, 0.25) is 0 Å². The van der Waals surface area contributed by atoms with Crippen LogP contribution in [0.15, 0.2) is 11.2 Å². The summed E-state index contributed by atoms with van der Waals surface area (Å²) >= 11 is 0. The number of alkyl halides is 5. The van der Waals surface area contributed by atoms with Gasteiger partial charge in [0.05, 0.1) is 12.0 Å². The van der Waals surface area contributed by atoms with E-state index >= 15 is 8.78 Å². The average Bonchev–Trinajstić information content (AvgIpc) is 3.22. The van der Waals surface area contributed by atoms with Crippen molar-refractivity contribution in [3.63, 3.8) is 0 Å². The monoisotopic (exact) mass is 632 g/mol. The van der Waals surface area contributed by atoms with E-state index in [1.807, 2.05) is 0 Å². The van der Waals surface area contributed by atoms with Crippen LogP contribution in [0, 0.1) is 17.3 Å². The minimum Gasteiger partial charge on any atom is -0.356 e. The van der Waals surface area contributed by atoms with Crippen LogP contribution in [0.1, 0.15) is 52.9 Å². The number of sulfone groups is 1. The molecule has 2 bridgehead atoms. The standard InChI is InChI=1S/C25H34F6N4O6S/c1-23(2,3)18(34-22(39)25(29,30)31)21(38)35-14-5-6-15(24(27,28)11-14)17(35)20(37)33-13(10-16(26)42(4,40)41)9-12-7-8-32-19(12)36/h10,12-15,17-18H,5-9,11H2,1-4H3,(H,32,36)(H,33,37)(H,34,39)/b16-10+/t12-,13-,14-,15-,17-,18-/m1/s1. The zero-order chi connectivity index (χ0) is 32.0. The summed E-state index contributed by atoms with van der Waals surface area (Å²) < 4.78 is 107. The average molecular weight is 633 g/mol. The van der Waals surface area contributed by atoms with E-state index < -0.39 is 98.6 Å². The van der Waals surface area contributed by atoms with Crippen molar-refractivity contribution in [2.24, 2.45) is 17.3 Å². The lowest BCUT2D eigenvalue weighted by Gasteiger charge is -2.55. The fraction of sp³-hybridized carbons (Fsp3) is 0.760. The molecule has 4 aliphatic rings. The summed E-state index contributed by atoms with van der Waals surface area (Å²) in [5.41, 5.74) is -1.35. The minimum atomic E-state index is -5.36. The van der Waals surface area contributed by atoms with E-state index in [1.54, 1.807) is 5.32 Å². The first kappa shape index (κ1) is 33.6. The number of carbonyl (C=O) groups excluding carboxylic acids is 4. The Balaban J connectivity index is 2.00. The van der Waals surface area contributed by atoms with Crippen LogP contribution in [0.5, 0.6) is 0 Å². The second kappa shape index (κ2) is 11.7. The molecule has 4 fully saturated rings. The number of amides is 4. The van der Waals surface area contributed by atoms with Crippen molar-refractivity contribution >= 4 is 33.5 Å². The zero-order valence-corrected chi connectivity index (χ0v) is 24.2. The van der Waals surface area contributed by atoms with Gasteiger partial charge in [0.2, 0.25) is 32.7 Å². The number of hydrogen-bond acceptors (Lipinski definition) is 6. The molecule has 3 N–H and O–H groups in total. The molecule has 238 valence electrons. The van der Waals surface area contributed by atoms with Gasteiger partial charge in [0.25, 0.3) is 5.92 Å². The van der Waals surface area contributed by atoms with Gasteiger partial charge in [0.1, 0.15) is 12.1 Å². The van der Waals surface area contributed by atoms with Gasteiger partial charge < -0.3 is 20.9 Å². The lowest BCUT2D eigenvalue weighted by atomic mass is 9.70. The molecule has 3 aliphatic heterocycles. The molecule has 3 heterocycles. The molecule has 4 amide bonds. The fourth-order valence-electron chi connectivity index (χ4n) is 5.73. The molecule has 6 atom stereocenters. The first-order valence-electron chi connectivity index (χ1n) is 13.3. The van der Waals surface area contributed by atoms with Crippen molar-refractivity contribution in [2.75, 3.05) is 12.8 Å². The van der Waals surface area contributed by atoms with Crippen LogP contribution in [-0.2, 0) is 29.0 Å². The number of piperidine rings is 2. The lowest BCUT2D eigenvalue weighted by molar-refractivity contribution is -0.197. The Morgan fingerprint density at radius 3 is 2.21 bits per heavy atom. The summed E-state index contributed by atoms with van der Waals surface area (Å²) in [6.45, 7) is 4.31. The van der Waals surface area contributed by atoms with E-state index in [0.29, 0.717) is 12.3 Å². The van der Waals surface area contributed by atoms with Crippen molar-refractivity contribution < 1.29 is 53.9 Å². The molecule has 0 spiro atoms. The van der Waals surface area contributed by atoms with E-state index in [-0.39, 0.29) is 32.2 Å². The number of nitrogens with one attached hydrogen (secondary N) is 3. The Kier molecular flexibility index (Phi) is 9.36. The van der Waals surface area contributed by atoms with Gasteiger partial charge in [-0.3, -0.25) is 19.2 Å². The first-order valence-corrected chi connectivity index (χ1v) is 15.2. The molecule has 3 saturated heterocycles. The first-order chi connectivity index (χ1) is 19.0. The van der Waals surface area contributed by atoms with Gasteiger partial charge >= 0.3 is 12.1 Å². The number of hydrogen-bond donors (Lipinski definition) is 3.